The minimum absolute atomic E-state index is 0.0298. The summed E-state index contributed by atoms with van der Waals surface area (Å²) in [4.78, 5) is 27.1. The lowest BCUT2D eigenvalue weighted by atomic mass is 10.1. The number of carbonyl (C=O) groups excluding carboxylic acids is 2. The summed E-state index contributed by atoms with van der Waals surface area (Å²) in [7, 11) is 0. The van der Waals surface area contributed by atoms with Gasteiger partial charge in [0.15, 0.2) is 0 Å². The number of ether oxygens (including phenoxy) is 2. The third-order valence-electron chi connectivity index (χ3n) is 4.79. The highest BCUT2D eigenvalue weighted by molar-refractivity contribution is 6.06. The van der Waals surface area contributed by atoms with Gasteiger partial charge in [-0.2, -0.15) is 0 Å². The van der Waals surface area contributed by atoms with Gasteiger partial charge >= 0.3 is 0 Å². The second kappa shape index (κ2) is 9.24. The minimum Gasteiger partial charge on any atom is -0.457 e. The Bertz CT molecular complexity index is 1010. The van der Waals surface area contributed by atoms with Crippen LogP contribution >= 0.6 is 0 Å². The third-order valence-corrected chi connectivity index (χ3v) is 4.79. The van der Waals surface area contributed by atoms with E-state index in [1.165, 1.54) is 0 Å². The maximum Gasteiger partial charge on any atom is 0.259 e. The molecule has 3 aromatic carbocycles. The molecule has 30 heavy (non-hydrogen) atoms. The summed E-state index contributed by atoms with van der Waals surface area (Å²) in [5.41, 5.74) is 1.62. The zero-order chi connectivity index (χ0) is 20.8. The molecule has 1 fully saturated rings. The molecule has 4 rings (SSSR count). The van der Waals surface area contributed by atoms with Crippen LogP contribution in [0.25, 0.3) is 0 Å². The average molecular weight is 402 g/mol. The molecule has 0 saturated carbocycles. The lowest BCUT2D eigenvalue weighted by Gasteiger charge is -2.26. The highest BCUT2D eigenvalue weighted by Gasteiger charge is 2.19. The molecule has 1 saturated heterocycles. The molecule has 1 N–H and O–H groups in total. The van der Waals surface area contributed by atoms with Gasteiger partial charge < -0.3 is 19.7 Å². The second-order valence-electron chi connectivity index (χ2n) is 6.85. The Hall–Kier alpha value is -3.64. The van der Waals surface area contributed by atoms with Crippen LogP contribution in [0.3, 0.4) is 0 Å². The van der Waals surface area contributed by atoms with E-state index in [1.54, 1.807) is 47.4 Å². The van der Waals surface area contributed by atoms with Gasteiger partial charge in [0.1, 0.15) is 11.5 Å². The van der Waals surface area contributed by atoms with Gasteiger partial charge in [-0.15, -0.1) is 0 Å². The topological polar surface area (TPSA) is 67.9 Å². The van der Waals surface area contributed by atoms with Crippen molar-refractivity contribution in [2.45, 2.75) is 0 Å². The van der Waals surface area contributed by atoms with Crippen LogP contribution in [-0.2, 0) is 4.74 Å². The van der Waals surface area contributed by atoms with Crippen LogP contribution in [0.5, 0.6) is 11.5 Å². The Morgan fingerprint density at radius 2 is 1.50 bits per heavy atom. The quantitative estimate of drug-likeness (QED) is 0.694. The number of amides is 2. The van der Waals surface area contributed by atoms with Gasteiger partial charge in [-0.25, -0.2) is 0 Å². The number of nitrogens with one attached hydrogen (secondary N) is 1. The van der Waals surface area contributed by atoms with E-state index in [-0.39, 0.29) is 11.8 Å². The summed E-state index contributed by atoms with van der Waals surface area (Å²) in [5, 5.41) is 2.87. The van der Waals surface area contributed by atoms with Crippen LogP contribution in [0.2, 0.25) is 0 Å². The smallest absolute Gasteiger partial charge is 0.259 e. The summed E-state index contributed by atoms with van der Waals surface area (Å²) in [6.07, 6.45) is 0. The molecule has 6 nitrogen and oxygen atoms in total. The molecule has 1 aliphatic rings. The Balaban J connectivity index is 1.45. The molecule has 0 aromatic heterocycles. The number of carbonyl (C=O) groups is 2. The van der Waals surface area contributed by atoms with E-state index in [2.05, 4.69) is 5.32 Å². The van der Waals surface area contributed by atoms with Gasteiger partial charge in [0.25, 0.3) is 11.8 Å². The van der Waals surface area contributed by atoms with Gasteiger partial charge in [-0.3, -0.25) is 9.59 Å². The predicted octanol–water partition coefficient (Wildman–Crippen LogP) is 4.20. The summed E-state index contributed by atoms with van der Waals surface area (Å²) >= 11 is 0. The van der Waals surface area contributed by atoms with Gasteiger partial charge in [-0.05, 0) is 48.5 Å². The minimum atomic E-state index is -0.284. The SMILES string of the molecule is O=C(Nc1ccc(C(=O)N2CCOCC2)cc1)c1ccccc1Oc1ccccc1. The molecule has 6 heteroatoms. The highest BCUT2D eigenvalue weighted by atomic mass is 16.5. The standard InChI is InChI=1S/C24H22N2O4/c27-23(21-8-4-5-9-22(21)30-20-6-2-1-3-7-20)25-19-12-10-18(11-13-19)24(28)26-14-16-29-17-15-26/h1-13H,14-17H2,(H,25,27). The second-order valence-corrected chi connectivity index (χ2v) is 6.85. The van der Waals surface area contributed by atoms with Gasteiger partial charge in [0.05, 0.1) is 18.8 Å². The first kappa shape index (κ1) is 19.7. The zero-order valence-electron chi connectivity index (χ0n) is 16.4. The van der Waals surface area contributed by atoms with Crippen molar-refractivity contribution in [1.82, 2.24) is 4.90 Å². The first-order valence-corrected chi connectivity index (χ1v) is 9.81. The Labute approximate surface area is 175 Å². The molecule has 0 spiro atoms. The van der Waals surface area contributed by atoms with Gasteiger partial charge in [-0.1, -0.05) is 30.3 Å². The first-order valence-electron chi connectivity index (χ1n) is 9.81. The van der Waals surface area contributed by atoms with E-state index >= 15 is 0 Å². The van der Waals surface area contributed by atoms with Crippen LogP contribution < -0.4 is 10.1 Å². The van der Waals surface area contributed by atoms with Crippen molar-refractivity contribution in [3.63, 3.8) is 0 Å². The van der Waals surface area contributed by atoms with Gasteiger partial charge in [0, 0.05) is 24.3 Å². The number of hydrogen-bond acceptors (Lipinski definition) is 4. The Morgan fingerprint density at radius 3 is 2.23 bits per heavy atom. The number of morpholine rings is 1. The summed E-state index contributed by atoms with van der Waals surface area (Å²) in [5.74, 6) is 0.815. The van der Waals surface area contributed by atoms with Crippen LogP contribution in [0.4, 0.5) is 5.69 Å². The van der Waals surface area contributed by atoms with E-state index in [0.717, 1.165) is 0 Å². The van der Waals surface area contributed by atoms with E-state index in [0.29, 0.717) is 54.6 Å². The van der Waals surface area contributed by atoms with E-state index in [9.17, 15) is 9.59 Å². The molecule has 2 amide bonds. The molecule has 1 aliphatic heterocycles. The highest BCUT2D eigenvalue weighted by Crippen LogP contribution is 2.26. The molecule has 152 valence electrons. The zero-order valence-corrected chi connectivity index (χ0v) is 16.4. The number of rotatable bonds is 5. The maximum atomic E-state index is 12.8. The molecule has 0 bridgehead atoms. The monoisotopic (exact) mass is 402 g/mol. The van der Waals surface area contributed by atoms with Crippen molar-refractivity contribution in [1.29, 1.82) is 0 Å². The lowest BCUT2D eigenvalue weighted by molar-refractivity contribution is 0.0303. The van der Waals surface area contributed by atoms with Crippen molar-refractivity contribution in [3.05, 3.63) is 90.0 Å². The van der Waals surface area contributed by atoms with Crippen LogP contribution in [-0.4, -0.2) is 43.0 Å². The average Bonchev–Trinajstić information content (AvgIpc) is 2.81. The predicted molar refractivity (Wildman–Crippen MR) is 114 cm³/mol. The van der Waals surface area contributed by atoms with Crippen molar-refractivity contribution in [2.75, 3.05) is 31.6 Å². The molecular formula is C24H22N2O4. The fourth-order valence-corrected chi connectivity index (χ4v) is 3.20. The number of benzene rings is 3. The molecule has 0 unspecified atom stereocenters. The van der Waals surface area contributed by atoms with Crippen molar-refractivity contribution in [2.24, 2.45) is 0 Å². The fraction of sp³-hybridized carbons (Fsp3) is 0.167. The molecule has 0 radical (unpaired) electrons. The van der Waals surface area contributed by atoms with Crippen LogP contribution in [0.1, 0.15) is 20.7 Å². The normalized spacial score (nSPS) is 13.5. The molecular weight excluding hydrogens is 380 g/mol. The summed E-state index contributed by atoms with van der Waals surface area (Å²) in [6.45, 7) is 2.31. The molecule has 1 heterocycles. The summed E-state index contributed by atoms with van der Waals surface area (Å²) in [6, 6.07) is 23.3. The molecule has 0 atom stereocenters. The molecule has 0 aliphatic carbocycles. The van der Waals surface area contributed by atoms with Crippen molar-refractivity contribution < 1.29 is 19.1 Å². The van der Waals surface area contributed by atoms with Crippen molar-refractivity contribution in [3.8, 4) is 11.5 Å². The molecule has 3 aromatic rings. The summed E-state index contributed by atoms with van der Waals surface area (Å²) < 4.78 is 11.2. The first-order chi connectivity index (χ1) is 14.7. The van der Waals surface area contributed by atoms with E-state index in [4.69, 9.17) is 9.47 Å². The number of nitrogens with zero attached hydrogens (tertiary/aromatic N) is 1. The maximum absolute atomic E-state index is 12.8. The van der Waals surface area contributed by atoms with Crippen LogP contribution in [0, 0.1) is 0 Å². The Kier molecular flexibility index (Phi) is 6.06. The van der Waals surface area contributed by atoms with Gasteiger partial charge in [0.2, 0.25) is 0 Å². The number of anilines is 1. The largest absolute Gasteiger partial charge is 0.457 e. The van der Waals surface area contributed by atoms with E-state index < -0.39 is 0 Å². The number of hydrogen-bond donors (Lipinski definition) is 1. The third kappa shape index (κ3) is 4.67. The Morgan fingerprint density at radius 1 is 0.833 bits per heavy atom. The lowest BCUT2D eigenvalue weighted by Crippen LogP contribution is -2.40. The fourth-order valence-electron chi connectivity index (χ4n) is 3.20. The number of para-hydroxylation sites is 2. The van der Waals surface area contributed by atoms with E-state index in [1.807, 2.05) is 36.4 Å². The van der Waals surface area contributed by atoms with Crippen molar-refractivity contribution >= 4 is 17.5 Å². The van der Waals surface area contributed by atoms with Crippen LogP contribution in [0.15, 0.2) is 78.9 Å².